The number of hydrogen-bond acceptors (Lipinski definition) is 4. The smallest absolute Gasteiger partial charge is 0.236 e. The van der Waals surface area contributed by atoms with Gasteiger partial charge in [0.2, 0.25) is 5.91 Å². The Kier molecular flexibility index (Phi) is 5.42. The second-order valence-electron chi connectivity index (χ2n) is 4.15. The first-order valence-electron chi connectivity index (χ1n) is 5.60. The number of likely N-dealkylation sites (N-methyl/N-ethyl adjacent to an activating group) is 1. The summed E-state index contributed by atoms with van der Waals surface area (Å²) in [6.07, 6.45) is 1.01. The highest BCUT2D eigenvalue weighted by molar-refractivity contribution is 5.84. The van der Waals surface area contributed by atoms with Crippen molar-refractivity contribution in [2.75, 3.05) is 46.9 Å². The van der Waals surface area contributed by atoms with Crippen LogP contribution in [-0.2, 0) is 14.3 Å². The topological polar surface area (TPSA) is 49.9 Å². The average molecular weight is 228 g/mol. The van der Waals surface area contributed by atoms with Gasteiger partial charge in [0.1, 0.15) is 5.78 Å². The number of Topliss-reactive ketones (excluding diaryl/α,β-unsaturated/α-hetero) is 1. The van der Waals surface area contributed by atoms with Crippen LogP contribution in [0.2, 0.25) is 0 Å². The lowest BCUT2D eigenvalue weighted by Crippen LogP contribution is -2.44. The van der Waals surface area contributed by atoms with Gasteiger partial charge in [0.05, 0.1) is 13.2 Å². The molecule has 5 heteroatoms. The number of carbonyl (C=O) groups is 2. The number of piperidine rings is 1. The van der Waals surface area contributed by atoms with Gasteiger partial charge >= 0.3 is 0 Å². The van der Waals surface area contributed by atoms with Gasteiger partial charge in [-0.15, -0.1) is 0 Å². The maximum Gasteiger partial charge on any atom is 0.236 e. The molecule has 0 bridgehead atoms. The van der Waals surface area contributed by atoms with E-state index in [2.05, 4.69) is 0 Å². The maximum atomic E-state index is 11.8. The van der Waals surface area contributed by atoms with Gasteiger partial charge in [-0.25, -0.2) is 0 Å². The first kappa shape index (κ1) is 13.1. The highest BCUT2D eigenvalue weighted by atomic mass is 16.5. The van der Waals surface area contributed by atoms with Crippen molar-refractivity contribution in [3.05, 3.63) is 0 Å². The number of carbonyl (C=O) groups excluding carboxylic acids is 2. The van der Waals surface area contributed by atoms with Crippen LogP contribution in [0.15, 0.2) is 0 Å². The lowest BCUT2D eigenvalue weighted by molar-refractivity contribution is -0.135. The molecule has 0 aliphatic carbocycles. The summed E-state index contributed by atoms with van der Waals surface area (Å²) in [5.74, 6) is 0.364. The molecule has 92 valence electrons. The first-order valence-corrected chi connectivity index (χ1v) is 5.60. The predicted octanol–water partition coefficient (Wildman–Crippen LogP) is -0.244. The number of amides is 1. The van der Waals surface area contributed by atoms with Gasteiger partial charge in [0.25, 0.3) is 0 Å². The fourth-order valence-electron chi connectivity index (χ4n) is 1.66. The lowest BCUT2D eigenvalue weighted by atomic mass is 10.1. The average Bonchev–Trinajstić information content (AvgIpc) is 2.27. The van der Waals surface area contributed by atoms with Gasteiger partial charge in [0, 0.05) is 39.6 Å². The van der Waals surface area contributed by atoms with Crippen LogP contribution in [0.3, 0.4) is 0 Å². The molecule has 0 spiro atoms. The van der Waals surface area contributed by atoms with E-state index in [-0.39, 0.29) is 11.7 Å². The zero-order valence-corrected chi connectivity index (χ0v) is 10.1. The van der Waals surface area contributed by atoms with E-state index in [0.29, 0.717) is 39.1 Å². The Morgan fingerprint density at radius 2 is 2.06 bits per heavy atom. The highest BCUT2D eigenvalue weighted by Crippen LogP contribution is 2.06. The standard InChI is InChI=1S/C11H20N2O3/c1-12(7-8-16-2)9-11(15)13-5-3-10(14)4-6-13/h3-9H2,1-2H3. The number of methoxy groups -OCH3 is 1. The third kappa shape index (κ3) is 4.28. The Bertz CT molecular complexity index is 246. The van der Waals surface area contributed by atoms with E-state index in [4.69, 9.17) is 4.74 Å². The van der Waals surface area contributed by atoms with Crippen molar-refractivity contribution in [3.63, 3.8) is 0 Å². The van der Waals surface area contributed by atoms with Crippen LogP contribution in [0.5, 0.6) is 0 Å². The monoisotopic (exact) mass is 228 g/mol. The third-order valence-electron chi connectivity index (χ3n) is 2.76. The lowest BCUT2D eigenvalue weighted by Gasteiger charge is -2.28. The fraction of sp³-hybridized carbons (Fsp3) is 0.818. The van der Waals surface area contributed by atoms with Crippen LogP contribution in [0.4, 0.5) is 0 Å². The second kappa shape index (κ2) is 6.60. The minimum absolute atomic E-state index is 0.103. The van der Waals surface area contributed by atoms with Crippen LogP contribution in [0, 0.1) is 0 Å². The van der Waals surface area contributed by atoms with Crippen LogP contribution in [-0.4, -0.2) is 68.4 Å². The number of nitrogens with zero attached hydrogens (tertiary/aromatic N) is 2. The number of hydrogen-bond donors (Lipinski definition) is 0. The van der Waals surface area contributed by atoms with Crippen molar-refractivity contribution in [2.45, 2.75) is 12.8 Å². The molecule has 0 saturated carbocycles. The molecule has 0 atom stereocenters. The number of ketones is 1. The normalized spacial score (nSPS) is 16.9. The molecule has 1 rings (SSSR count). The highest BCUT2D eigenvalue weighted by Gasteiger charge is 2.21. The third-order valence-corrected chi connectivity index (χ3v) is 2.76. The summed E-state index contributed by atoms with van der Waals surface area (Å²) in [5.41, 5.74) is 0. The molecular formula is C11H20N2O3. The summed E-state index contributed by atoms with van der Waals surface area (Å²) in [6, 6.07) is 0. The predicted molar refractivity (Wildman–Crippen MR) is 60.2 cm³/mol. The Morgan fingerprint density at radius 3 is 2.62 bits per heavy atom. The summed E-state index contributed by atoms with van der Waals surface area (Å²) < 4.78 is 4.94. The molecular weight excluding hydrogens is 208 g/mol. The molecule has 5 nitrogen and oxygen atoms in total. The van der Waals surface area contributed by atoms with E-state index in [0.717, 1.165) is 6.54 Å². The van der Waals surface area contributed by atoms with Crippen molar-refractivity contribution >= 4 is 11.7 Å². The van der Waals surface area contributed by atoms with E-state index < -0.39 is 0 Å². The quantitative estimate of drug-likeness (QED) is 0.651. The number of likely N-dealkylation sites (tertiary alicyclic amines) is 1. The van der Waals surface area contributed by atoms with Crippen LogP contribution >= 0.6 is 0 Å². The SMILES string of the molecule is COCCN(C)CC(=O)N1CCC(=O)CC1. The van der Waals surface area contributed by atoms with Gasteiger partial charge < -0.3 is 9.64 Å². The minimum atomic E-state index is 0.103. The molecule has 0 radical (unpaired) electrons. The molecule has 0 aromatic heterocycles. The maximum absolute atomic E-state index is 11.8. The number of ether oxygens (including phenoxy) is 1. The van der Waals surface area contributed by atoms with E-state index in [1.165, 1.54) is 0 Å². The summed E-state index contributed by atoms with van der Waals surface area (Å²) >= 11 is 0. The van der Waals surface area contributed by atoms with E-state index >= 15 is 0 Å². The molecule has 0 N–H and O–H groups in total. The molecule has 0 aromatic rings. The molecule has 16 heavy (non-hydrogen) atoms. The second-order valence-corrected chi connectivity index (χ2v) is 4.15. The van der Waals surface area contributed by atoms with Gasteiger partial charge in [0.15, 0.2) is 0 Å². The van der Waals surface area contributed by atoms with E-state index in [1.807, 2.05) is 11.9 Å². The summed E-state index contributed by atoms with van der Waals surface area (Å²) in [6.45, 7) is 2.93. The van der Waals surface area contributed by atoms with Crippen molar-refractivity contribution < 1.29 is 14.3 Å². The first-order chi connectivity index (χ1) is 7.63. The van der Waals surface area contributed by atoms with Crippen LogP contribution < -0.4 is 0 Å². The van der Waals surface area contributed by atoms with E-state index in [1.54, 1.807) is 12.0 Å². The largest absolute Gasteiger partial charge is 0.383 e. The summed E-state index contributed by atoms with van der Waals surface area (Å²) in [5, 5.41) is 0. The van der Waals surface area contributed by atoms with Gasteiger partial charge in [-0.1, -0.05) is 0 Å². The molecule has 1 aliphatic rings. The molecule has 1 aliphatic heterocycles. The van der Waals surface area contributed by atoms with Crippen molar-refractivity contribution in [1.29, 1.82) is 0 Å². The van der Waals surface area contributed by atoms with Gasteiger partial charge in [-0.2, -0.15) is 0 Å². The Morgan fingerprint density at radius 1 is 1.44 bits per heavy atom. The Labute approximate surface area is 96.3 Å². The van der Waals surface area contributed by atoms with Gasteiger partial charge in [-0.05, 0) is 7.05 Å². The molecule has 1 fully saturated rings. The van der Waals surface area contributed by atoms with Crippen molar-refractivity contribution in [1.82, 2.24) is 9.80 Å². The molecule has 0 unspecified atom stereocenters. The summed E-state index contributed by atoms with van der Waals surface area (Å²) in [7, 11) is 3.54. The van der Waals surface area contributed by atoms with E-state index in [9.17, 15) is 9.59 Å². The fourth-order valence-corrected chi connectivity index (χ4v) is 1.66. The number of rotatable bonds is 5. The summed E-state index contributed by atoms with van der Waals surface area (Å²) in [4.78, 5) is 26.5. The van der Waals surface area contributed by atoms with Crippen LogP contribution in [0.25, 0.3) is 0 Å². The van der Waals surface area contributed by atoms with Crippen LogP contribution in [0.1, 0.15) is 12.8 Å². The van der Waals surface area contributed by atoms with Crippen molar-refractivity contribution in [2.24, 2.45) is 0 Å². The molecule has 1 amide bonds. The molecule has 1 heterocycles. The Balaban J connectivity index is 2.26. The molecule has 0 aromatic carbocycles. The Hall–Kier alpha value is -0.940. The van der Waals surface area contributed by atoms with Crippen molar-refractivity contribution in [3.8, 4) is 0 Å². The molecule has 1 saturated heterocycles. The van der Waals surface area contributed by atoms with Gasteiger partial charge in [-0.3, -0.25) is 14.5 Å². The minimum Gasteiger partial charge on any atom is -0.383 e. The zero-order valence-electron chi connectivity index (χ0n) is 10.1. The zero-order chi connectivity index (χ0) is 12.0.